The lowest BCUT2D eigenvalue weighted by Gasteiger charge is -2.43. The molecule has 4 heteroatoms. The van der Waals surface area contributed by atoms with Gasteiger partial charge in [-0.15, -0.1) is 30.6 Å². The number of rotatable bonds is 8. The molecule has 0 aliphatic carbocycles. The summed E-state index contributed by atoms with van der Waals surface area (Å²) in [7, 11) is -0.376. The zero-order valence-corrected chi connectivity index (χ0v) is 20.6. The summed E-state index contributed by atoms with van der Waals surface area (Å²) >= 11 is 0. The fraction of sp³-hybridized carbons (Fsp3) is 0.538. The molecular formula is C26H36O3Si. The highest BCUT2D eigenvalue weighted by Gasteiger charge is 2.42. The van der Waals surface area contributed by atoms with E-state index in [0.29, 0.717) is 37.0 Å². The van der Waals surface area contributed by atoms with Gasteiger partial charge in [0.15, 0.2) is 8.32 Å². The molecule has 2 atom stereocenters. The summed E-state index contributed by atoms with van der Waals surface area (Å²) < 4.78 is 12.0. The van der Waals surface area contributed by atoms with E-state index < -0.39 is 20.0 Å². The topological polar surface area (TPSA) is 38.7 Å². The van der Waals surface area contributed by atoms with Crippen molar-refractivity contribution >= 4 is 8.32 Å². The number of methoxy groups -OCH3 is 1. The van der Waals surface area contributed by atoms with Gasteiger partial charge in [-0.3, -0.25) is 0 Å². The van der Waals surface area contributed by atoms with Crippen LogP contribution in [0.25, 0.3) is 0 Å². The molecular weight excluding hydrogens is 388 g/mol. The van der Waals surface area contributed by atoms with Crippen LogP contribution in [0.4, 0.5) is 0 Å². The Morgan fingerprint density at radius 2 is 1.80 bits per heavy atom. The second kappa shape index (κ2) is 10.7. The molecule has 1 unspecified atom stereocenters. The van der Waals surface area contributed by atoms with Gasteiger partial charge >= 0.3 is 0 Å². The standard InChI is InChI=1S/C26H36O3Si/c1-10-15-22-21(16-14-18-24(22)28-7)23(27)17-12-13-20-26(6,19-11-2)29-30(8,9)25(3,4)5/h1-2,14,16,18,23,27H,13,15,19-20H2,3-9H3/t23?,26-/m1/s1. The first kappa shape index (κ1) is 25.9. The van der Waals surface area contributed by atoms with Gasteiger partial charge in [-0.1, -0.05) is 38.8 Å². The lowest BCUT2D eigenvalue weighted by atomic mass is 9.96. The Kier molecular flexibility index (Phi) is 9.26. The number of benzene rings is 1. The fourth-order valence-electron chi connectivity index (χ4n) is 3.06. The van der Waals surface area contributed by atoms with Gasteiger partial charge in [-0.05, 0) is 37.5 Å². The van der Waals surface area contributed by atoms with Crippen molar-refractivity contribution in [2.24, 2.45) is 0 Å². The van der Waals surface area contributed by atoms with Crippen molar-refractivity contribution in [3.05, 3.63) is 29.3 Å². The first-order chi connectivity index (χ1) is 13.9. The highest BCUT2D eigenvalue weighted by atomic mass is 28.4. The van der Waals surface area contributed by atoms with E-state index in [1.54, 1.807) is 7.11 Å². The van der Waals surface area contributed by atoms with Crippen LogP contribution in [-0.2, 0) is 10.8 Å². The van der Waals surface area contributed by atoms with Gasteiger partial charge in [0.1, 0.15) is 11.9 Å². The third-order valence-electron chi connectivity index (χ3n) is 5.76. The van der Waals surface area contributed by atoms with Crippen molar-refractivity contribution in [2.45, 2.75) is 83.2 Å². The highest BCUT2D eigenvalue weighted by molar-refractivity contribution is 6.74. The van der Waals surface area contributed by atoms with Gasteiger partial charge in [-0.2, -0.15) is 0 Å². The molecule has 1 N–H and O–H groups in total. The average molecular weight is 425 g/mol. The first-order valence-corrected chi connectivity index (χ1v) is 13.2. The Morgan fingerprint density at radius 1 is 1.13 bits per heavy atom. The molecule has 162 valence electrons. The molecule has 1 aromatic carbocycles. The van der Waals surface area contributed by atoms with Crippen molar-refractivity contribution in [3.8, 4) is 42.3 Å². The summed E-state index contributed by atoms with van der Waals surface area (Å²) in [5.74, 6) is 12.1. The van der Waals surface area contributed by atoms with E-state index in [1.807, 2.05) is 18.2 Å². The van der Waals surface area contributed by atoms with Crippen LogP contribution in [0.15, 0.2) is 18.2 Å². The Bertz CT molecular complexity index is 855. The van der Waals surface area contributed by atoms with Crippen molar-refractivity contribution < 1.29 is 14.3 Å². The third-order valence-corrected chi connectivity index (χ3v) is 10.4. The van der Waals surface area contributed by atoms with E-state index in [9.17, 15) is 5.11 Å². The van der Waals surface area contributed by atoms with Crippen LogP contribution in [0.2, 0.25) is 18.1 Å². The van der Waals surface area contributed by atoms with Crippen LogP contribution in [0.5, 0.6) is 5.75 Å². The highest BCUT2D eigenvalue weighted by Crippen LogP contribution is 2.40. The van der Waals surface area contributed by atoms with Gasteiger partial charge < -0.3 is 14.3 Å². The SMILES string of the molecule is C#CCc1c(OC)cccc1C(O)C#CCC[C@@](C)(CC#C)O[Si](C)(C)C(C)(C)C. The van der Waals surface area contributed by atoms with Crippen LogP contribution < -0.4 is 4.74 Å². The minimum atomic E-state index is -1.97. The average Bonchev–Trinajstić information content (AvgIpc) is 2.64. The second-order valence-corrected chi connectivity index (χ2v) is 14.1. The summed E-state index contributed by atoms with van der Waals surface area (Å²) in [4.78, 5) is 0. The third kappa shape index (κ3) is 6.96. The molecule has 0 fully saturated rings. The molecule has 1 rings (SSSR count). The smallest absolute Gasteiger partial charge is 0.192 e. The van der Waals surface area contributed by atoms with Crippen molar-refractivity contribution in [1.82, 2.24) is 0 Å². The first-order valence-electron chi connectivity index (χ1n) is 10.3. The van der Waals surface area contributed by atoms with E-state index in [2.05, 4.69) is 64.5 Å². The van der Waals surface area contributed by atoms with Crippen LogP contribution in [-0.4, -0.2) is 26.1 Å². The lowest BCUT2D eigenvalue weighted by Crippen LogP contribution is -2.48. The monoisotopic (exact) mass is 424 g/mol. The zero-order chi connectivity index (χ0) is 23.0. The molecule has 3 nitrogen and oxygen atoms in total. The largest absolute Gasteiger partial charge is 0.496 e. The summed E-state index contributed by atoms with van der Waals surface area (Å²) in [6.07, 6.45) is 12.4. The Hall–Kier alpha value is -2.16. The minimum Gasteiger partial charge on any atom is -0.496 e. The maximum Gasteiger partial charge on any atom is 0.192 e. The molecule has 0 spiro atoms. The van der Waals surface area contributed by atoms with Crippen molar-refractivity contribution in [2.75, 3.05) is 7.11 Å². The molecule has 0 radical (unpaired) electrons. The van der Waals surface area contributed by atoms with Crippen molar-refractivity contribution in [3.63, 3.8) is 0 Å². The van der Waals surface area contributed by atoms with Crippen LogP contribution in [0.3, 0.4) is 0 Å². The molecule has 0 aliphatic heterocycles. The number of terminal acetylenes is 2. The van der Waals surface area contributed by atoms with Gasteiger partial charge in [-0.25, -0.2) is 0 Å². The number of hydrogen-bond acceptors (Lipinski definition) is 3. The second-order valence-electron chi connectivity index (χ2n) is 9.33. The maximum absolute atomic E-state index is 10.6. The molecule has 30 heavy (non-hydrogen) atoms. The number of aliphatic hydroxyl groups is 1. The van der Waals surface area contributed by atoms with Gasteiger partial charge in [0, 0.05) is 30.4 Å². The van der Waals surface area contributed by atoms with Crippen molar-refractivity contribution in [1.29, 1.82) is 0 Å². The van der Waals surface area contributed by atoms with Crippen LogP contribution in [0.1, 0.15) is 64.2 Å². The van der Waals surface area contributed by atoms with Gasteiger partial charge in [0.25, 0.3) is 0 Å². The van der Waals surface area contributed by atoms with E-state index >= 15 is 0 Å². The Balaban J connectivity index is 2.95. The normalized spacial score (nSPS) is 14.5. The van der Waals surface area contributed by atoms with Crippen LogP contribution in [0, 0.1) is 36.5 Å². The number of aliphatic hydroxyl groups excluding tert-OH is 1. The van der Waals surface area contributed by atoms with E-state index in [-0.39, 0.29) is 5.04 Å². The summed E-state index contributed by atoms with van der Waals surface area (Å²) in [5, 5.41) is 10.7. The molecule has 0 bridgehead atoms. The molecule has 0 heterocycles. The molecule has 0 aromatic heterocycles. The molecule has 0 saturated heterocycles. The zero-order valence-electron chi connectivity index (χ0n) is 19.6. The quantitative estimate of drug-likeness (QED) is 0.443. The minimum absolute atomic E-state index is 0.102. The molecule has 0 saturated carbocycles. The molecule has 1 aromatic rings. The predicted molar refractivity (Wildman–Crippen MR) is 128 cm³/mol. The summed E-state index contributed by atoms with van der Waals surface area (Å²) in [5.41, 5.74) is 1.05. The van der Waals surface area contributed by atoms with Gasteiger partial charge in [0.05, 0.1) is 12.7 Å². The Morgan fingerprint density at radius 3 is 2.33 bits per heavy atom. The Labute approximate surface area is 184 Å². The molecule has 0 aliphatic rings. The van der Waals surface area contributed by atoms with E-state index in [0.717, 1.165) is 5.56 Å². The fourth-order valence-corrected chi connectivity index (χ4v) is 4.77. The van der Waals surface area contributed by atoms with Gasteiger partial charge in [0.2, 0.25) is 0 Å². The van der Waals surface area contributed by atoms with Crippen LogP contribution >= 0.6 is 0 Å². The predicted octanol–water partition coefficient (Wildman–Crippen LogP) is 5.49. The molecule has 0 amide bonds. The number of hydrogen-bond donors (Lipinski definition) is 1. The summed E-state index contributed by atoms with van der Waals surface area (Å²) in [6.45, 7) is 13.2. The maximum atomic E-state index is 10.6. The number of ether oxygens (including phenoxy) is 1. The van der Waals surface area contributed by atoms with E-state index in [1.165, 1.54) is 0 Å². The summed E-state index contributed by atoms with van der Waals surface area (Å²) in [6, 6.07) is 5.49. The lowest BCUT2D eigenvalue weighted by molar-refractivity contribution is 0.0696. The van der Waals surface area contributed by atoms with E-state index in [4.69, 9.17) is 22.0 Å².